The van der Waals surface area contributed by atoms with Crippen molar-refractivity contribution in [2.45, 2.75) is 17.7 Å². The van der Waals surface area contributed by atoms with Gasteiger partial charge in [0.25, 0.3) is 5.91 Å². The number of amides is 1. The Morgan fingerprint density at radius 3 is 2.52 bits per heavy atom. The number of carbonyl (C=O) groups excluding carboxylic acids is 1. The number of rotatable bonds is 3. The number of hydrogen-bond acceptors (Lipinski definition) is 4. The molecule has 3 rings (SSSR count). The van der Waals surface area contributed by atoms with Crippen molar-refractivity contribution in [3.8, 4) is 0 Å². The van der Waals surface area contributed by atoms with E-state index in [4.69, 9.17) is 0 Å². The third kappa shape index (κ3) is 3.38. The smallest absolute Gasteiger partial charge is 0.251 e. The summed E-state index contributed by atoms with van der Waals surface area (Å²) < 4.78 is 27.0. The van der Waals surface area contributed by atoms with Crippen LogP contribution in [0.1, 0.15) is 23.2 Å². The summed E-state index contributed by atoms with van der Waals surface area (Å²) in [5.74, 6) is -0.221. The molecule has 2 N–H and O–H groups in total. The summed E-state index contributed by atoms with van der Waals surface area (Å²) >= 11 is 0. The van der Waals surface area contributed by atoms with Gasteiger partial charge in [-0.25, -0.2) is 8.42 Å². The molecule has 1 atom stereocenters. The fourth-order valence-corrected chi connectivity index (χ4v) is 4.87. The third-order valence-electron chi connectivity index (χ3n) is 4.72. The first-order valence-electron chi connectivity index (χ1n) is 7.50. The Morgan fingerprint density at radius 2 is 1.96 bits per heavy atom. The zero-order chi connectivity index (χ0) is 15.8. The van der Waals surface area contributed by atoms with Crippen LogP contribution < -0.4 is 10.6 Å². The lowest BCUT2D eigenvalue weighted by atomic mass is 9.87. The Balaban J connectivity index is 0.00000192. The molecule has 1 amide bonds. The molecule has 1 spiro atoms. The molecule has 8 heteroatoms. The Hall–Kier alpha value is -1.15. The molecule has 1 unspecified atom stereocenters. The van der Waals surface area contributed by atoms with Crippen LogP contribution in [-0.2, 0) is 10.0 Å². The van der Waals surface area contributed by atoms with Gasteiger partial charge >= 0.3 is 0 Å². The number of hydrogen-bond donors (Lipinski definition) is 2. The van der Waals surface area contributed by atoms with Gasteiger partial charge in [0.2, 0.25) is 10.0 Å². The van der Waals surface area contributed by atoms with Crippen LogP contribution in [0.25, 0.3) is 0 Å². The maximum Gasteiger partial charge on any atom is 0.251 e. The molecule has 6 nitrogen and oxygen atoms in total. The highest BCUT2D eigenvalue weighted by Crippen LogP contribution is 2.38. The molecule has 0 aromatic heterocycles. The van der Waals surface area contributed by atoms with E-state index in [1.807, 2.05) is 0 Å². The van der Waals surface area contributed by atoms with Gasteiger partial charge in [0.15, 0.2) is 0 Å². The molecule has 0 bridgehead atoms. The molecule has 2 aliphatic rings. The van der Waals surface area contributed by atoms with Gasteiger partial charge in [-0.2, -0.15) is 4.31 Å². The number of sulfonamides is 1. The van der Waals surface area contributed by atoms with Crippen LogP contribution in [0, 0.1) is 5.41 Å². The van der Waals surface area contributed by atoms with Crippen LogP contribution in [0.2, 0.25) is 0 Å². The van der Waals surface area contributed by atoms with Crippen molar-refractivity contribution in [3.05, 3.63) is 29.8 Å². The van der Waals surface area contributed by atoms with Gasteiger partial charge in [0.05, 0.1) is 4.90 Å². The maximum atomic E-state index is 12.7. The molecular formula is C15H22ClN3O3S. The zero-order valence-corrected chi connectivity index (χ0v) is 14.7. The Bertz CT molecular complexity index is 670. The van der Waals surface area contributed by atoms with Crippen LogP contribution in [0.3, 0.4) is 0 Å². The molecule has 2 saturated heterocycles. The SMILES string of the molecule is CNC(=O)c1ccc(S(=O)(=O)N2CCC3(CCNC3)C2)cc1.Cl. The molecule has 0 saturated carbocycles. The van der Waals surface area contributed by atoms with Gasteiger partial charge in [-0.15, -0.1) is 12.4 Å². The second kappa shape index (κ2) is 6.76. The zero-order valence-electron chi connectivity index (χ0n) is 13.0. The summed E-state index contributed by atoms with van der Waals surface area (Å²) in [6.07, 6.45) is 1.95. The van der Waals surface area contributed by atoms with E-state index < -0.39 is 10.0 Å². The molecule has 2 heterocycles. The summed E-state index contributed by atoms with van der Waals surface area (Å²) in [5, 5.41) is 5.85. The predicted molar refractivity (Wildman–Crippen MR) is 90.4 cm³/mol. The largest absolute Gasteiger partial charge is 0.355 e. The van der Waals surface area contributed by atoms with E-state index in [9.17, 15) is 13.2 Å². The molecule has 0 aliphatic carbocycles. The van der Waals surface area contributed by atoms with Crippen molar-refractivity contribution >= 4 is 28.3 Å². The fourth-order valence-electron chi connectivity index (χ4n) is 3.31. The minimum Gasteiger partial charge on any atom is -0.355 e. The molecule has 1 aromatic carbocycles. The second-order valence-electron chi connectivity index (χ2n) is 6.12. The Morgan fingerprint density at radius 1 is 1.26 bits per heavy atom. The summed E-state index contributed by atoms with van der Waals surface area (Å²) in [4.78, 5) is 11.8. The van der Waals surface area contributed by atoms with E-state index >= 15 is 0 Å². The topological polar surface area (TPSA) is 78.5 Å². The Kier molecular flexibility index (Phi) is 5.35. The van der Waals surface area contributed by atoms with Crippen LogP contribution in [-0.4, -0.2) is 51.9 Å². The highest BCUT2D eigenvalue weighted by molar-refractivity contribution is 7.89. The number of halogens is 1. The highest BCUT2D eigenvalue weighted by Gasteiger charge is 2.44. The molecule has 2 fully saturated rings. The lowest BCUT2D eigenvalue weighted by molar-refractivity contribution is 0.0963. The van der Waals surface area contributed by atoms with Gasteiger partial charge in [-0.05, 0) is 49.1 Å². The van der Waals surface area contributed by atoms with Crippen molar-refractivity contribution in [1.29, 1.82) is 0 Å². The van der Waals surface area contributed by atoms with Gasteiger partial charge in [0, 0.05) is 32.2 Å². The maximum absolute atomic E-state index is 12.7. The average molecular weight is 360 g/mol. The van der Waals surface area contributed by atoms with Crippen LogP contribution in [0.5, 0.6) is 0 Å². The number of nitrogens with one attached hydrogen (secondary N) is 2. The third-order valence-corrected chi connectivity index (χ3v) is 6.58. The van der Waals surface area contributed by atoms with E-state index in [0.717, 1.165) is 25.9 Å². The summed E-state index contributed by atoms with van der Waals surface area (Å²) in [7, 11) is -1.93. The summed E-state index contributed by atoms with van der Waals surface area (Å²) in [5.41, 5.74) is 0.564. The van der Waals surface area contributed by atoms with E-state index in [0.29, 0.717) is 18.7 Å². The van der Waals surface area contributed by atoms with E-state index in [-0.39, 0.29) is 28.6 Å². The molecule has 2 aliphatic heterocycles. The van der Waals surface area contributed by atoms with Crippen molar-refractivity contribution in [2.75, 3.05) is 33.2 Å². The number of carbonyl (C=O) groups is 1. The molecule has 0 radical (unpaired) electrons. The highest BCUT2D eigenvalue weighted by atomic mass is 35.5. The Labute approximate surface area is 143 Å². The lowest BCUT2D eigenvalue weighted by Gasteiger charge is -2.22. The van der Waals surface area contributed by atoms with E-state index in [2.05, 4.69) is 10.6 Å². The minimum absolute atomic E-state index is 0. The molecule has 128 valence electrons. The van der Waals surface area contributed by atoms with Crippen molar-refractivity contribution in [3.63, 3.8) is 0 Å². The summed E-state index contributed by atoms with van der Waals surface area (Å²) in [6, 6.07) is 6.12. The standard InChI is InChI=1S/C15H21N3O3S.ClH/c1-16-14(19)12-2-4-13(5-3-12)22(20,21)18-9-7-15(11-18)6-8-17-10-15;/h2-5,17H,6-11H2,1H3,(H,16,19);1H. The molecule has 1 aromatic rings. The first-order chi connectivity index (χ1) is 10.5. The van der Waals surface area contributed by atoms with Crippen molar-refractivity contribution < 1.29 is 13.2 Å². The normalized spacial score (nSPS) is 24.6. The first-order valence-corrected chi connectivity index (χ1v) is 8.94. The van der Waals surface area contributed by atoms with E-state index in [1.54, 1.807) is 23.5 Å². The monoisotopic (exact) mass is 359 g/mol. The predicted octanol–water partition coefficient (Wildman–Crippen LogP) is 0.842. The van der Waals surface area contributed by atoms with E-state index in [1.165, 1.54) is 12.1 Å². The molecular weight excluding hydrogens is 338 g/mol. The number of benzene rings is 1. The quantitative estimate of drug-likeness (QED) is 0.838. The van der Waals surface area contributed by atoms with Crippen LogP contribution in [0.4, 0.5) is 0 Å². The van der Waals surface area contributed by atoms with Crippen LogP contribution >= 0.6 is 12.4 Å². The molecule has 23 heavy (non-hydrogen) atoms. The van der Waals surface area contributed by atoms with Crippen molar-refractivity contribution in [1.82, 2.24) is 14.9 Å². The van der Waals surface area contributed by atoms with Gasteiger partial charge in [-0.3, -0.25) is 4.79 Å². The van der Waals surface area contributed by atoms with Gasteiger partial charge in [-0.1, -0.05) is 0 Å². The minimum atomic E-state index is -3.48. The van der Waals surface area contributed by atoms with Crippen molar-refractivity contribution in [2.24, 2.45) is 5.41 Å². The average Bonchev–Trinajstić information content (AvgIpc) is 3.17. The van der Waals surface area contributed by atoms with Gasteiger partial charge in [0.1, 0.15) is 0 Å². The fraction of sp³-hybridized carbons (Fsp3) is 0.533. The second-order valence-corrected chi connectivity index (χ2v) is 8.06. The van der Waals surface area contributed by atoms with Gasteiger partial charge < -0.3 is 10.6 Å². The number of nitrogens with zero attached hydrogens (tertiary/aromatic N) is 1. The lowest BCUT2D eigenvalue weighted by Crippen LogP contribution is -2.33. The first kappa shape index (κ1) is 18.2. The van der Waals surface area contributed by atoms with Crippen LogP contribution in [0.15, 0.2) is 29.2 Å². The summed E-state index contributed by atoms with van der Waals surface area (Å²) in [6.45, 7) is 3.02.